The molecular weight excluding hydrogens is 194 g/mol. The molecule has 0 spiro atoms. The third-order valence-electron chi connectivity index (χ3n) is 2.69. The number of carbonyl (C=O) groups excluding carboxylic acids is 1. The topological polar surface area (TPSA) is 56.1 Å². The van der Waals surface area contributed by atoms with Gasteiger partial charge < -0.3 is 10.1 Å². The van der Waals surface area contributed by atoms with Crippen LogP contribution in [0.25, 0.3) is 0 Å². The van der Waals surface area contributed by atoms with Crippen LogP contribution in [-0.4, -0.2) is 34.8 Å². The molecule has 1 aromatic heterocycles. The van der Waals surface area contributed by atoms with Gasteiger partial charge in [0.25, 0.3) is 0 Å². The minimum atomic E-state index is -0.119. The molecule has 2 atom stereocenters. The summed E-state index contributed by atoms with van der Waals surface area (Å²) in [5, 5.41) is 2.98. The molecule has 0 aromatic carbocycles. The summed E-state index contributed by atoms with van der Waals surface area (Å²) in [6.07, 6.45) is 5.60. The van der Waals surface area contributed by atoms with E-state index in [-0.39, 0.29) is 12.1 Å². The summed E-state index contributed by atoms with van der Waals surface area (Å²) < 4.78 is 6.76. The molecule has 1 aliphatic heterocycles. The van der Waals surface area contributed by atoms with Gasteiger partial charge >= 0.3 is 6.03 Å². The predicted octanol–water partition coefficient (Wildman–Crippen LogP) is 0.866. The monoisotopic (exact) mass is 209 g/mol. The summed E-state index contributed by atoms with van der Waals surface area (Å²) in [4.78, 5) is 15.5. The molecule has 1 saturated heterocycles. The fourth-order valence-corrected chi connectivity index (χ4v) is 1.71. The Morgan fingerprint density at radius 1 is 1.67 bits per heavy atom. The minimum Gasteiger partial charge on any atom is -0.381 e. The molecular formula is C10H15N3O2. The van der Waals surface area contributed by atoms with Gasteiger partial charge in [0.1, 0.15) is 6.33 Å². The van der Waals surface area contributed by atoms with Crippen molar-refractivity contribution in [2.45, 2.75) is 19.4 Å². The molecule has 0 aliphatic carbocycles. The Labute approximate surface area is 88.4 Å². The average molecular weight is 209 g/mol. The van der Waals surface area contributed by atoms with Crippen molar-refractivity contribution in [1.29, 1.82) is 0 Å². The highest BCUT2D eigenvalue weighted by Gasteiger charge is 2.23. The number of imidazole rings is 1. The summed E-state index contributed by atoms with van der Waals surface area (Å²) >= 11 is 0. The Morgan fingerprint density at radius 3 is 3.20 bits per heavy atom. The third kappa shape index (κ3) is 2.36. The van der Waals surface area contributed by atoms with E-state index >= 15 is 0 Å². The highest BCUT2D eigenvalue weighted by molar-refractivity contribution is 5.76. The quantitative estimate of drug-likeness (QED) is 0.746. The summed E-state index contributed by atoms with van der Waals surface area (Å²) in [5.74, 6) is 0.367. The first-order chi connectivity index (χ1) is 7.27. The van der Waals surface area contributed by atoms with Crippen molar-refractivity contribution in [2.75, 3.05) is 13.2 Å². The zero-order valence-electron chi connectivity index (χ0n) is 8.72. The number of hydrogen-bond donors (Lipinski definition) is 1. The van der Waals surface area contributed by atoms with Gasteiger partial charge in [-0.3, -0.25) is 4.57 Å². The fourth-order valence-electron chi connectivity index (χ4n) is 1.71. The third-order valence-corrected chi connectivity index (χ3v) is 2.69. The molecule has 5 heteroatoms. The summed E-state index contributed by atoms with van der Waals surface area (Å²) in [7, 11) is 0. The molecule has 2 heterocycles. The Balaban J connectivity index is 1.93. The van der Waals surface area contributed by atoms with Crippen LogP contribution in [0, 0.1) is 5.92 Å². The standard InChI is InChI=1S/C10H15N3O2/c1-8-6-15-5-2-9(8)12-10(14)13-4-3-11-7-13/h3-4,7-9H,2,5-6H2,1H3,(H,12,14). The highest BCUT2D eigenvalue weighted by atomic mass is 16.5. The maximum atomic E-state index is 11.7. The van der Waals surface area contributed by atoms with Crippen LogP contribution < -0.4 is 5.32 Å². The lowest BCUT2D eigenvalue weighted by atomic mass is 9.98. The first kappa shape index (κ1) is 10.2. The van der Waals surface area contributed by atoms with Crippen molar-refractivity contribution in [1.82, 2.24) is 14.9 Å². The normalized spacial score (nSPS) is 26.2. The first-order valence-corrected chi connectivity index (χ1v) is 5.14. The number of nitrogens with one attached hydrogen (secondary N) is 1. The number of nitrogens with zero attached hydrogens (tertiary/aromatic N) is 2. The van der Waals surface area contributed by atoms with E-state index in [2.05, 4.69) is 17.2 Å². The summed E-state index contributed by atoms with van der Waals surface area (Å²) in [5.41, 5.74) is 0. The van der Waals surface area contributed by atoms with E-state index < -0.39 is 0 Å². The van der Waals surface area contributed by atoms with Gasteiger partial charge in [0, 0.05) is 25.0 Å². The number of ether oxygens (including phenoxy) is 1. The van der Waals surface area contributed by atoms with Crippen LogP contribution in [0.5, 0.6) is 0 Å². The molecule has 15 heavy (non-hydrogen) atoms. The maximum absolute atomic E-state index is 11.7. The molecule has 82 valence electrons. The molecule has 0 saturated carbocycles. The lowest BCUT2D eigenvalue weighted by molar-refractivity contribution is 0.0419. The smallest absolute Gasteiger partial charge is 0.327 e. The van der Waals surface area contributed by atoms with Crippen LogP contribution in [0.15, 0.2) is 18.7 Å². The average Bonchev–Trinajstić information content (AvgIpc) is 2.74. The molecule has 1 aliphatic rings. The Hall–Kier alpha value is -1.36. The van der Waals surface area contributed by atoms with Gasteiger partial charge in [0.15, 0.2) is 0 Å². The predicted molar refractivity (Wildman–Crippen MR) is 54.5 cm³/mol. The van der Waals surface area contributed by atoms with E-state index in [9.17, 15) is 4.79 Å². The van der Waals surface area contributed by atoms with Crippen LogP contribution in [0.2, 0.25) is 0 Å². The molecule has 1 aromatic rings. The Morgan fingerprint density at radius 2 is 2.53 bits per heavy atom. The van der Waals surface area contributed by atoms with Crippen molar-refractivity contribution >= 4 is 6.03 Å². The van der Waals surface area contributed by atoms with Crippen LogP contribution in [0.1, 0.15) is 13.3 Å². The maximum Gasteiger partial charge on any atom is 0.327 e. The second-order valence-corrected chi connectivity index (χ2v) is 3.87. The van der Waals surface area contributed by atoms with Gasteiger partial charge in [-0.15, -0.1) is 0 Å². The summed E-state index contributed by atoms with van der Waals surface area (Å²) in [6.45, 7) is 3.52. The minimum absolute atomic E-state index is 0.119. The van der Waals surface area contributed by atoms with Crippen molar-refractivity contribution in [3.05, 3.63) is 18.7 Å². The van der Waals surface area contributed by atoms with Gasteiger partial charge in [-0.2, -0.15) is 0 Å². The molecule has 1 amide bonds. The van der Waals surface area contributed by atoms with Crippen molar-refractivity contribution in [2.24, 2.45) is 5.92 Å². The highest BCUT2D eigenvalue weighted by Crippen LogP contribution is 2.13. The van der Waals surface area contributed by atoms with E-state index in [0.29, 0.717) is 5.92 Å². The number of carbonyl (C=O) groups is 1. The van der Waals surface area contributed by atoms with E-state index in [1.165, 1.54) is 10.9 Å². The Bertz CT molecular complexity index is 323. The summed E-state index contributed by atoms with van der Waals surface area (Å²) in [6, 6.07) is 0.0832. The van der Waals surface area contributed by atoms with E-state index in [1.807, 2.05) is 0 Å². The number of amides is 1. The molecule has 2 unspecified atom stereocenters. The van der Waals surface area contributed by atoms with E-state index in [4.69, 9.17) is 4.74 Å². The SMILES string of the molecule is CC1COCCC1NC(=O)n1ccnc1. The van der Waals surface area contributed by atoms with Gasteiger partial charge in [-0.1, -0.05) is 6.92 Å². The molecule has 0 radical (unpaired) electrons. The molecule has 5 nitrogen and oxygen atoms in total. The number of hydrogen-bond acceptors (Lipinski definition) is 3. The van der Waals surface area contributed by atoms with Crippen molar-refractivity contribution < 1.29 is 9.53 Å². The second kappa shape index (κ2) is 4.44. The molecule has 1 fully saturated rings. The van der Waals surface area contributed by atoms with Gasteiger partial charge in [0.05, 0.1) is 6.61 Å². The lowest BCUT2D eigenvalue weighted by Crippen LogP contribution is -2.45. The van der Waals surface area contributed by atoms with Crippen molar-refractivity contribution in [3.63, 3.8) is 0 Å². The van der Waals surface area contributed by atoms with Crippen LogP contribution >= 0.6 is 0 Å². The van der Waals surface area contributed by atoms with Gasteiger partial charge in [0.2, 0.25) is 0 Å². The van der Waals surface area contributed by atoms with E-state index in [1.54, 1.807) is 12.4 Å². The largest absolute Gasteiger partial charge is 0.381 e. The first-order valence-electron chi connectivity index (χ1n) is 5.14. The number of rotatable bonds is 1. The lowest BCUT2D eigenvalue weighted by Gasteiger charge is -2.29. The fraction of sp³-hybridized carbons (Fsp3) is 0.600. The molecule has 0 bridgehead atoms. The molecule has 1 N–H and O–H groups in total. The van der Waals surface area contributed by atoms with Crippen LogP contribution in [0.3, 0.4) is 0 Å². The van der Waals surface area contributed by atoms with Gasteiger partial charge in [-0.25, -0.2) is 9.78 Å². The van der Waals surface area contributed by atoms with Crippen LogP contribution in [0.4, 0.5) is 4.79 Å². The number of aromatic nitrogens is 2. The molecule has 2 rings (SSSR count). The second-order valence-electron chi connectivity index (χ2n) is 3.87. The van der Waals surface area contributed by atoms with Gasteiger partial charge in [-0.05, 0) is 12.3 Å². The zero-order valence-corrected chi connectivity index (χ0v) is 8.72. The van der Waals surface area contributed by atoms with Crippen LogP contribution in [-0.2, 0) is 4.74 Å². The van der Waals surface area contributed by atoms with Crippen molar-refractivity contribution in [3.8, 4) is 0 Å². The van der Waals surface area contributed by atoms with E-state index in [0.717, 1.165) is 19.6 Å². The Kier molecular flexibility index (Phi) is 3.01. The zero-order chi connectivity index (χ0) is 10.7.